The zero-order valence-corrected chi connectivity index (χ0v) is 17.5. The third kappa shape index (κ3) is 4.83. The first kappa shape index (κ1) is 20.6. The molecule has 1 atom stereocenters. The summed E-state index contributed by atoms with van der Waals surface area (Å²) in [5.74, 6) is -1.13. The van der Waals surface area contributed by atoms with E-state index < -0.39 is 11.8 Å². The molecule has 0 aromatic heterocycles. The molecule has 3 rings (SSSR count). The van der Waals surface area contributed by atoms with E-state index in [-0.39, 0.29) is 12.1 Å². The first-order valence-electron chi connectivity index (χ1n) is 10.2. The van der Waals surface area contributed by atoms with Gasteiger partial charge >= 0.3 is 11.8 Å². The number of nitrogens with zero attached hydrogens (tertiary/aromatic N) is 3. The van der Waals surface area contributed by atoms with Crippen LogP contribution >= 0.6 is 0 Å². The molecule has 154 valence electrons. The molecule has 0 spiro atoms. The number of carbonyl (C=O) groups is 2. The first-order chi connectivity index (χ1) is 13.3. The van der Waals surface area contributed by atoms with Crippen LogP contribution in [-0.4, -0.2) is 81.0 Å². The van der Waals surface area contributed by atoms with Crippen LogP contribution in [0.3, 0.4) is 0 Å². The van der Waals surface area contributed by atoms with E-state index in [1.54, 1.807) is 0 Å². The fourth-order valence-corrected chi connectivity index (χ4v) is 3.98. The van der Waals surface area contributed by atoms with Gasteiger partial charge in [-0.2, -0.15) is 0 Å². The number of hydrogen-bond acceptors (Lipinski definition) is 5. The summed E-state index contributed by atoms with van der Waals surface area (Å²) in [5, 5.41) is 5.51. The standard InChI is InChI=1S/C21H33N5O2/c1-15(2)23-21(28)20(27)22-14-19(26-11-9-24(3)10-12-26)16-5-6-18-17(13-16)7-8-25(18)4/h5-6,13,15,19H,7-12,14H2,1-4H3,(H,22,27)(H,23,28)/t19-/m1/s1. The van der Waals surface area contributed by atoms with Crippen molar-refractivity contribution in [1.29, 1.82) is 0 Å². The van der Waals surface area contributed by atoms with Gasteiger partial charge in [-0.05, 0) is 44.5 Å². The molecule has 2 aliphatic rings. The zero-order chi connectivity index (χ0) is 20.3. The molecule has 0 radical (unpaired) electrons. The van der Waals surface area contributed by atoms with Crippen molar-refractivity contribution in [2.24, 2.45) is 0 Å². The van der Waals surface area contributed by atoms with E-state index >= 15 is 0 Å². The third-order valence-electron chi connectivity index (χ3n) is 5.68. The molecule has 2 heterocycles. The van der Waals surface area contributed by atoms with Crippen LogP contribution in [0.2, 0.25) is 0 Å². The second-order valence-electron chi connectivity index (χ2n) is 8.25. The summed E-state index contributed by atoms with van der Waals surface area (Å²) in [5.41, 5.74) is 3.87. The molecule has 0 aliphatic carbocycles. The maximum atomic E-state index is 12.2. The van der Waals surface area contributed by atoms with Gasteiger partial charge in [-0.1, -0.05) is 12.1 Å². The minimum Gasteiger partial charge on any atom is -0.374 e. The number of piperazine rings is 1. The average molecular weight is 388 g/mol. The van der Waals surface area contributed by atoms with Gasteiger partial charge in [-0.25, -0.2) is 0 Å². The molecule has 2 amide bonds. The van der Waals surface area contributed by atoms with Crippen molar-refractivity contribution in [2.45, 2.75) is 32.4 Å². The van der Waals surface area contributed by atoms with Gasteiger partial charge in [0.05, 0.1) is 6.04 Å². The lowest BCUT2D eigenvalue weighted by atomic mass is 10.00. The van der Waals surface area contributed by atoms with Gasteiger partial charge in [0.1, 0.15) is 0 Å². The highest BCUT2D eigenvalue weighted by Gasteiger charge is 2.27. The molecule has 2 N–H and O–H groups in total. The van der Waals surface area contributed by atoms with Gasteiger partial charge in [0.25, 0.3) is 0 Å². The molecule has 7 nitrogen and oxygen atoms in total. The molecule has 2 aliphatic heterocycles. The molecule has 1 aromatic rings. The lowest BCUT2D eigenvalue weighted by molar-refractivity contribution is -0.139. The molecule has 0 saturated carbocycles. The molecule has 7 heteroatoms. The van der Waals surface area contributed by atoms with Gasteiger partial charge in [-0.3, -0.25) is 14.5 Å². The van der Waals surface area contributed by atoms with Crippen molar-refractivity contribution in [2.75, 3.05) is 58.3 Å². The quantitative estimate of drug-likeness (QED) is 0.725. The minimum absolute atomic E-state index is 0.0552. The van der Waals surface area contributed by atoms with Gasteiger partial charge in [0.15, 0.2) is 0 Å². The third-order valence-corrected chi connectivity index (χ3v) is 5.68. The molecule has 1 fully saturated rings. The summed E-state index contributed by atoms with van der Waals surface area (Å²) in [6.45, 7) is 9.09. The lowest BCUT2D eigenvalue weighted by Gasteiger charge is -2.38. The van der Waals surface area contributed by atoms with Crippen molar-refractivity contribution in [3.63, 3.8) is 0 Å². The van der Waals surface area contributed by atoms with Crippen LogP contribution in [0.25, 0.3) is 0 Å². The highest BCUT2D eigenvalue weighted by atomic mass is 16.2. The topological polar surface area (TPSA) is 67.9 Å². The first-order valence-corrected chi connectivity index (χ1v) is 10.2. The lowest BCUT2D eigenvalue weighted by Crippen LogP contribution is -2.50. The van der Waals surface area contributed by atoms with Crippen LogP contribution in [0.5, 0.6) is 0 Å². The second-order valence-corrected chi connectivity index (χ2v) is 8.25. The van der Waals surface area contributed by atoms with Crippen molar-refractivity contribution in [1.82, 2.24) is 20.4 Å². The number of fused-ring (bicyclic) bond motifs is 1. The Kier molecular flexibility index (Phi) is 6.57. The highest BCUT2D eigenvalue weighted by molar-refractivity contribution is 6.35. The van der Waals surface area contributed by atoms with Gasteiger partial charge < -0.3 is 20.4 Å². The van der Waals surface area contributed by atoms with Gasteiger partial charge in [0.2, 0.25) is 0 Å². The average Bonchev–Trinajstić information content (AvgIpc) is 3.03. The molecule has 0 bridgehead atoms. The Balaban J connectivity index is 1.74. The van der Waals surface area contributed by atoms with Crippen molar-refractivity contribution >= 4 is 17.5 Å². The Morgan fingerprint density at radius 1 is 1.04 bits per heavy atom. The Bertz CT molecular complexity index is 713. The molecule has 28 heavy (non-hydrogen) atoms. The van der Waals surface area contributed by atoms with Crippen molar-refractivity contribution < 1.29 is 9.59 Å². The maximum absolute atomic E-state index is 12.2. The molecular formula is C21H33N5O2. The fourth-order valence-electron chi connectivity index (χ4n) is 3.98. The largest absolute Gasteiger partial charge is 0.374 e. The summed E-state index contributed by atoms with van der Waals surface area (Å²) in [4.78, 5) is 31.2. The van der Waals surface area contributed by atoms with Crippen LogP contribution in [-0.2, 0) is 16.0 Å². The van der Waals surface area contributed by atoms with E-state index in [0.717, 1.165) is 39.1 Å². The van der Waals surface area contributed by atoms with Gasteiger partial charge in [-0.15, -0.1) is 0 Å². The number of likely N-dealkylation sites (N-methyl/N-ethyl adjacent to an activating group) is 2. The Hall–Kier alpha value is -2.12. The van der Waals surface area contributed by atoms with E-state index in [1.165, 1.54) is 16.8 Å². The normalized spacial score (nSPS) is 18.8. The summed E-state index contributed by atoms with van der Waals surface area (Å²) >= 11 is 0. The van der Waals surface area contributed by atoms with Crippen LogP contribution in [0.15, 0.2) is 18.2 Å². The smallest absolute Gasteiger partial charge is 0.309 e. The molecular weight excluding hydrogens is 354 g/mol. The number of rotatable bonds is 5. The van der Waals surface area contributed by atoms with E-state index in [2.05, 4.69) is 57.6 Å². The van der Waals surface area contributed by atoms with Crippen LogP contribution < -0.4 is 15.5 Å². The van der Waals surface area contributed by atoms with E-state index in [9.17, 15) is 9.59 Å². The SMILES string of the molecule is CC(C)NC(=O)C(=O)NC[C@H](c1ccc2c(c1)CCN2C)N1CCN(C)CC1. The number of amides is 2. The fraction of sp³-hybridized carbons (Fsp3) is 0.619. The number of anilines is 1. The maximum Gasteiger partial charge on any atom is 0.309 e. The van der Waals surface area contributed by atoms with Crippen LogP contribution in [0.4, 0.5) is 5.69 Å². The number of nitrogens with one attached hydrogen (secondary N) is 2. The second kappa shape index (κ2) is 8.92. The monoisotopic (exact) mass is 387 g/mol. The van der Waals surface area contributed by atoms with Gasteiger partial charge in [0, 0.05) is 58.0 Å². The number of carbonyl (C=O) groups excluding carboxylic acids is 2. The highest BCUT2D eigenvalue weighted by Crippen LogP contribution is 2.31. The van der Waals surface area contributed by atoms with Crippen molar-refractivity contribution in [3.8, 4) is 0 Å². The predicted molar refractivity (Wildman–Crippen MR) is 112 cm³/mol. The summed E-state index contributed by atoms with van der Waals surface area (Å²) in [6.07, 6.45) is 1.05. The molecule has 1 saturated heterocycles. The molecule has 0 unspecified atom stereocenters. The van der Waals surface area contributed by atoms with Crippen LogP contribution in [0, 0.1) is 0 Å². The van der Waals surface area contributed by atoms with Crippen molar-refractivity contribution in [3.05, 3.63) is 29.3 Å². The van der Waals surface area contributed by atoms with Crippen LogP contribution in [0.1, 0.15) is 31.0 Å². The van der Waals surface area contributed by atoms with E-state index in [4.69, 9.17) is 0 Å². The van der Waals surface area contributed by atoms with E-state index in [1.807, 2.05) is 13.8 Å². The Morgan fingerprint density at radius 2 is 1.75 bits per heavy atom. The Labute approximate surface area is 168 Å². The number of hydrogen-bond donors (Lipinski definition) is 2. The molecule has 1 aromatic carbocycles. The summed E-state index contributed by atoms with van der Waals surface area (Å²) < 4.78 is 0. The minimum atomic E-state index is -0.567. The Morgan fingerprint density at radius 3 is 2.43 bits per heavy atom. The zero-order valence-electron chi connectivity index (χ0n) is 17.5. The summed E-state index contributed by atoms with van der Waals surface area (Å²) in [7, 11) is 4.26. The predicted octanol–water partition coefficient (Wildman–Crippen LogP) is 0.608. The number of benzene rings is 1. The summed E-state index contributed by atoms with van der Waals surface area (Å²) in [6, 6.07) is 6.65. The van der Waals surface area contributed by atoms with E-state index in [0.29, 0.717) is 6.54 Å².